The average molecular weight is 241 g/mol. The van der Waals surface area contributed by atoms with Crippen LogP contribution < -0.4 is 4.90 Å². The van der Waals surface area contributed by atoms with Gasteiger partial charge in [0.2, 0.25) is 0 Å². The third-order valence-electron chi connectivity index (χ3n) is 2.81. The van der Waals surface area contributed by atoms with E-state index in [9.17, 15) is 4.79 Å². The Morgan fingerprint density at radius 3 is 3.00 bits per heavy atom. The number of nitrogens with zero attached hydrogens (tertiary/aromatic N) is 2. The number of hydrogen-bond acceptors (Lipinski definition) is 3. The molecule has 16 heavy (non-hydrogen) atoms. The number of halogens is 1. The molecule has 1 aliphatic heterocycles. The van der Waals surface area contributed by atoms with Crippen LogP contribution in [0, 0.1) is 5.92 Å². The Morgan fingerprint density at radius 2 is 2.38 bits per heavy atom. The topological polar surface area (TPSA) is 53.4 Å². The molecule has 0 spiro atoms. The Hall–Kier alpha value is -1.29. The zero-order chi connectivity index (χ0) is 11.5. The van der Waals surface area contributed by atoms with Crippen molar-refractivity contribution in [3.63, 3.8) is 0 Å². The van der Waals surface area contributed by atoms with Crippen molar-refractivity contribution in [2.45, 2.75) is 12.8 Å². The van der Waals surface area contributed by atoms with Gasteiger partial charge in [0.15, 0.2) is 0 Å². The van der Waals surface area contributed by atoms with Gasteiger partial charge in [-0.1, -0.05) is 11.6 Å². The molecule has 86 valence electrons. The monoisotopic (exact) mass is 240 g/mol. The van der Waals surface area contributed by atoms with Gasteiger partial charge in [0.1, 0.15) is 5.82 Å². The highest BCUT2D eigenvalue weighted by molar-refractivity contribution is 6.30. The standard InChI is InChI=1S/C11H13ClN2O2/c12-9-3-4-10(13-6-9)14-5-1-2-8(7-14)11(15)16/h3-4,6,8H,1-2,5,7H2,(H,15,16). The molecule has 0 aliphatic carbocycles. The van der Waals surface area contributed by atoms with Crippen LogP contribution in [0.15, 0.2) is 18.3 Å². The minimum absolute atomic E-state index is 0.286. The fourth-order valence-electron chi connectivity index (χ4n) is 1.94. The number of hydrogen-bond donors (Lipinski definition) is 1. The highest BCUT2D eigenvalue weighted by Gasteiger charge is 2.25. The molecule has 0 amide bonds. The molecule has 5 heteroatoms. The average Bonchev–Trinajstić information content (AvgIpc) is 2.30. The first kappa shape index (κ1) is 11.2. The summed E-state index contributed by atoms with van der Waals surface area (Å²) in [5.74, 6) is -0.208. The zero-order valence-electron chi connectivity index (χ0n) is 8.77. The van der Waals surface area contributed by atoms with Crippen LogP contribution in [0.3, 0.4) is 0 Å². The zero-order valence-corrected chi connectivity index (χ0v) is 9.52. The molecule has 1 saturated heterocycles. The molecule has 2 heterocycles. The van der Waals surface area contributed by atoms with E-state index < -0.39 is 5.97 Å². The molecular weight excluding hydrogens is 228 g/mol. The lowest BCUT2D eigenvalue weighted by molar-refractivity contribution is -0.141. The van der Waals surface area contributed by atoms with Crippen LogP contribution in [0.5, 0.6) is 0 Å². The summed E-state index contributed by atoms with van der Waals surface area (Å²) in [6, 6.07) is 3.60. The smallest absolute Gasteiger partial charge is 0.308 e. The molecule has 1 N–H and O–H groups in total. The fourth-order valence-corrected chi connectivity index (χ4v) is 2.05. The summed E-state index contributed by atoms with van der Waals surface area (Å²) in [4.78, 5) is 17.1. The molecule has 0 aromatic carbocycles. The Balaban J connectivity index is 2.09. The summed E-state index contributed by atoms with van der Waals surface area (Å²) in [6.07, 6.45) is 3.22. The molecule has 1 atom stereocenters. The molecule has 1 fully saturated rings. The van der Waals surface area contributed by atoms with Gasteiger partial charge in [0, 0.05) is 19.3 Å². The number of anilines is 1. The minimum atomic E-state index is -0.723. The van der Waals surface area contributed by atoms with Crippen LogP contribution in [0.2, 0.25) is 5.02 Å². The van der Waals surface area contributed by atoms with Gasteiger partial charge in [0.25, 0.3) is 0 Å². The first-order valence-electron chi connectivity index (χ1n) is 5.26. The van der Waals surface area contributed by atoms with Crippen LogP contribution in [0.25, 0.3) is 0 Å². The number of carbonyl (C=O) groups is 1. The van der Waals surface area contributed by atoms with E-state index in [1.54, 1.807) is 12.3 Å². The molecule has 1 aromatic rings. The van der Waals surface area contributed by atoms with Crippen molar-refractivity contribution in [3.05, 3.63) is 23.4 Å². The van der Waals surface area contributed by atoms with E-state index >= 15 is 0 Å². The summed E-state index contributed by atoms with van der Waals surface area (Å²) < 4.78 is 0. The van der Waals surface area contributed by atoms with Crippen molar-refractivity contribution in [2.24, 2.45) is 5.92 Å². The largest absolute Gasteiger partial charge is 0.481 e. The molecule has 0 saturated carbocycles. The number of aromatic nitrogens is 1. The predicted molar refractivity (Wildman–Crippen MR) is 61.8 cm³/mol. The SMILES string of the molecule is O=C(O)C1CCCN(c2ccc(Cl)cn2)C1. The summed E-state index contributed by atoms with van der Waals surface area (Å²) in [5.41, 5.74) is 0. The highest BCUT2D eigenvalue weighted by atomic mass is 35.5. The lowest BCUT2D eigenvalue weighted by atomic mass is 9.98. The van der Waals surface area contributed by atoms with E-state index in [-0.39, 0.29) is 5.92 Å². The first-order valence-corrected chi connectivity index (χ1v) is 5.64. The van der Waals surface area contributed by atoms with Crippen LogP contribution in [0.4, 0.5) is 5.82 Å². The van der Waals surface area contributed by atoms with Crippen molar-refractivity contribution < 1.29 is 9.90 Å². The van der Waals surface area contributed by atoms with Gasteiger partial charge in [-0.2, -0.15) is 0 Å². The minimum Gasteiger partial charge on any atom is -0.481 e. The Bertz CT molecular complexity index is 380. The second kappa shape index (κ2) is 4.70. The summed E-state index contributed by atoms with van der Waals surface area (Å²) >= 11 is 5.75. The van der Waals surface area contributed by atoms with Crippen LogP contribution >= 0.6 is 11.6 Å². The maximum atomic E-state index is 10.9. The molecule has 0 bridgehead atoms. The van der Waals surface area contributed by atoms with E-state index in [1.807, 2.05) is 11.0 Å². The van der Waals surface area contributed by atoms with Crippen LogP contribution in [-0.4, -0.2) is 29.1 Å². The molecular formula is C11H13ClN2O2. The number of aliphatic carboxylic acids is 1. The van der Waals surface area contributed by atoms with Gasteiger partial charge in [-0.05, 0) is 25.0 Å². The Morgan fingerprint density at radius 1 is 1.56 bits per heavy atom. The van der Waals surface area contributed by atoms with E-state index in [0.29, 0.717) is 11.6 Å². The molecule has 1 aliphatic rings. The Kier molecular flexibility index (Phi) is 3.29. The summed E-state index contributed by atoms with van der Waals surface area (Å²) in [7, 11) is 0. The second-order valence-corrected chi connectivity index (χ2v) is 4.39. The van der Waals surface area contributed by atoms with E-state index in [2.05, 4.69) is 4.98 Å². The summed E-state index contributed by atoms with van der Waals surface area (Å²) in [5, 5.41) is 9.57. The van der Waals surface area contributed by atoms with Gasteiger partial charge in [0.05, 0.1) is 10.9 Å². The Labute approximate surface area is 98.9 Å². The van der Waals surface area contributed by atoms with Crippen molar-refractivity contribution in [3.8, 4) is 0 Å². The van der Waals surface area contributed by atoms with E-state index in [4.69, 9.17) is 16.7 Å². The van der Waals surface area contributed by atoms with Crippen molar-refractivity contribution >= 4 is 23.4 Å². The highest BCUT2D eigenvalue weighted by Crippen LogP contribution is 2.22. The lowest BCUT2D eigenvalue weighted by Gasteiger charge is -2.31. The number of piperidine rings is 1. The van der Waals surface area contributed by atoms with Crippen molar-refractivity contribution in [1.82, 2.24) is 4.98 Å². The van der Waals surface area contributed by atoms with Crippen LogP contribution in [-0.2, 0) is 4.79 Å². The van der Waals surface area contributed by atoms with Gasteiger partial charge in [-0.3, -0.25) is 4.79 Å². The second-order valence-electron chi connectivity index (χ2n) is 3.96. The first-order chi connectivity index (χ1) is 7.66. The van der Waals surface area contributed by atoms with Crippen LogP contribution in [0.1, 0.15) is 12.8 Å². The van der Waals surface area contributed by atoms with Gasteiger partial charge in [-0.25, -0.2) is 4.98 Å². The maximum Gasteiger partial charge on any atom is 0.308 e. The molecule has 0 radical (unpaired) electrons. The van der Waals surface area contributed by atoms with Gasteiger partial charge >= 0.3 is 5.97 Å². The predicted octanol–water partition coefficient (Wildman–Crippen LogP) is 2.04. The van der Waals surface area contributed by atoms with Gasteiger partial charge < -0.3 is 10.0 Å². The number of carboxylic acid groups (broad SMARTS) is 1. The van der Waals surface area contributed by atoms with E-state index in [1.165, 1.54) is 0 Å². The third-order valence-corrected chi connectivity index (χ3v) is 3.03. The number of pyridine rings is 1. The lowest BCUT2D eigenvalue weighted by Crippen LogP contribution is -2.39. The fraction of sp³-hybridized carbons (Fsp3) is 0.455. The third kappa shape index (κ3) is 2.44. The van der Waals surface area contributed by atoms with Crippen molar-refractivity contribution in [2.75, 3.05) is 18.0 Å². The van der Waals surface area contributed by atoms with E-state index in [0.717, 1.165) is 25.2 Å². The maximum absolute atomic E-state index is 10.9. The molecule has 4 nitrogen and oxygen atoms in total. The van der Waals surface area contributed by atoms with Gasteiger partial charge in [-0.15, -0.1) is 0 Å². The number of carboxylic acids is 1. The quantitative estimate of drug-likeness (QED) is 0.860. The normalized spacial score (nSPS) is 20.8. The number of rotatable bonds is 2. The summed E-state index contributed by atoms with van der Waals surface area (Å²) in [6.45, 7) is 1.39. The molecule has 2 rings (SSSR count). The molecule has 1 aromatic heterocycles. The van der Waals surface area contributed by atoms with Crippen molar-refractivity contribution in [1.29, 1.82) is 0 Å². The molecule has 1 unspecified atom stereocenters.